The number of benzene rings is 1. The predicted molar refractivity (Wildman–Crippen MR) is 80.7 cm³/mol. The van der Waals surface area contributed by atoms with Gasteiger partial charge in [0.2, 0.25) is 0 Å². The van der Waals surface area contributed by atoms with Crippen LogP contribution in [0.1, 0.15) is 15.9 Å². The van der Waals surface area contributed by atoms with Crippen LogP contribution in [0.5, 0.6) is 5.75 Å². The molecular weight excluding hydrogens is 276 g/mol. The van der Waals surface area contributed by atoms with E-state index in [9.17, 15) is 4.79 Å². The Morgan fingerprint density at radius 2 is 1.95 bits per heavy atom. The van der Waals surface area contributed by atoms with Crippen molar-refractivity contribution in [3.8, 4) is 5.75 Å². The normalized spacial score (nSPS) is 24.2. The molecule has 2 fully saturated rings. The average molecular weight is 297 g/mol. The summed E-state index contributed by atoms with van der Waals surface area (Å²) in [4.78, 5) is 14.5. The van der Waals surface area contributed by atoms with Crippen molar-refractivity contribution in [2.75, 3.05) is 33.3 Å². The Bertz CT molecular complexity index is 495. The van der Waals surface area contributed by atoms with Crippen LogP contribution >= 0.6 is 12.4 Å². The molecule has 2 atom stereocenters. The number of rotatable bonds is 2. The molecule has 0 aromatic heterocycles. The first-order chi connectivity index (χ1) is 9.19. The van der Waals surface area contributed by atoms with Crippen LogP contribution in [0.15, 0.2) is 18.2 Å². The van der Waals surface area contributed by atoms with Gasteiger partial charge in [0.05, 0.1) is 7.11 Å². The van der Waals surface area contributed by atoms with E-state index < -0.39 is 0 Å². The number of halogens is 1. The van der Waals surface area contributed by atoms with Gasteiger partial charge in [-0.05, 0) is 36.5 Å². The van der Waals surface area contributed by atoms with Gasteiger partial charge in [0, 0.05) is 31.7 Å². The van der Waals surface area contributed by atoms with Gasteiger partial charge in [0.1, 0.15) is 5.75 Å². The van der Waals surface area contributed by atoms with Crippen molar-refractivity contribution in [2.45, 2.75) is 6.92 Å². The molecule has 5 heteroatoms. The molecule has 0 aliphatic carbocycles. The van der Waals surface area contributed by atoms with Crippen molar-refractivity contribution in [1.82, 2.24) is 10.2 Å². The summed E-state index contributed by atoms with van der Waals surface area (Å²) < 4.78 is 5.29. The maximum absolute atomic E-state index is 12.5. The van der Waals surface area contributed by atoms with Crippen LogP contribution in [0.4, 0.5) is 0 Å². The van der Waals surface area contributed by atoms with Crippen LogP contribution in [0.3, 0.4) is 0 Å². The van der Waals surface area contributed by atoms with E-state index >= 15 is 0 Å². The Hall–Kier alpha value is -1.26. The fourth-order valence-corrected chi connectivity index (χ4v) is 3.16. The zero-order valence-electron chi connectivity index (χ0n) is 11.9. The molecule has 2 aliphatic heterocycles. The Labute approximate surface area is 125 Å². The smallest absolute Gasteiger partial charge is 0.254 e. The molecule has 2 saturated heterocycles. The Kier molecular flexibility index (Phi) is 4.55. The van der Waals surface area contributed by atoms with Gasteiger partial charge in [-0.15, -0.1) is 12.4 Å². The van der Waals surface area contributed by atoms with Gasteiger partial charge in [-0.2, -0.15) is 0 Å². The van der Waals surface area contributed by atoms with Crippen molar-refractivity contribution in [3.63, 3.8) is 0 Å². The Morgan fingerprint density at radius 3 is 2.55 bits per heavy atom. The van der Waals surface area contributed by atoms with Crippen LogP contribution in [-0.4, -0.2) is 44.1 Å². The number of carbonyl (C=O) groups is 1. The molecule has 1 amide bonds. The maximum Gasteiger partial charge on any atom is 0.254 e. The number of hydrogen-bond donors (Lipinski definition) is 1. The topological polar surface area (TPSA) is 41.6 Å². The number of nitrogens with zero attached hydrogens (tertiary/aromatic N) is 1. The quantitative estimate of drug-likeness (QED) is 0.903. The molecule has 0 saturated carbocycles. The second-order valence-corrected chi connectivity index (χ2v) is 5.57. The van der Waals surface area contributed by atoms with Gasteiger partial charge in [0.15, 0.2) is 0 Å². The first kappa shape index (κ1) is 15.1. The summed E-state index contributed by atoms with van der Waals surface area (Å²) in [5.41, 5.74) is 1.79. The Morgan fingerprint density at radius 1 is 1.30 bits per heavy atom. The number of hydrogen-bond acceptors (Lipinski definition) is 3. The lowest BCUT2D eigenvalue weighted by Gasteiger charge is -2.18. The van der Waals surface area contributed by atoms with Gasteiger partial charge in [0.25, 0.3) is 5.91 Å². The lowest BCUT2D eigenvalue weighted by atomic mass is 10.0. The van der Waals surface area contributed by atoms with Gasteiger partial charge >= 0.3 is 0 Å². The monoisotopic (exact) mass is 296 g/mol. The molecule has 1 aromatic rings. The van der Waals surface area contributed by atoms with Gasteiger partial charge in [-0.1, -0.05) is 6.07 Å². The molecule has 1 aromatic carbocycles. The first-order valence-electron chi connectivity index (χ1n) is 6.83. The van der Waals surface area contributed by atoms with E-state index in [1.54, 1.807) is 7.11 Å². The number of aryl methyl sites for hydroxylation is 1. The number of fused-ring (bicyclic) bond motifs is 1. The number of amides is 1. The van der Waals surface area contributed by atoms with E-state index in [4.69, 9.17) is 4.74 Å². The maximum atomic E-state index is 12.5. The van der Waals surface area contributed by atoms with E-state index in [2.05, 4.69) is 5.32 Å². The zero-order chi connectivity index (χ0) is 13.4. The summed E-state index contributed by atoms with van der Waals surface area (Å²) in [5.74, 6) is 2.19. The molecular formula is C15H21ClN2O2. The number of ether oxygens (including phenoxy) is 1. The SMILES string of the molecule is COc1cc(C(=O)N2C[C@H]3CNC[C@H]3C2)ccc1C.Cl. The minimum absolute atomic E-state index is 0. The second-order valence-electron chi connectivity index (χ2n) is 5.57. The van der Waals surface area contributed by atoms with Gasteiger partial charge in [-0.25, -0.2) is 0 Å². The van der Waals surface area contributed by atoms with Crippen molar-refractivity contribution < 1.29 is 9.53 Å². The van der Waals surface area contributed by atoms with Gasteiger partial charge < -0.3 is 15.0 Å². The fraction of sp³-hybridized carbons (Fsp3) is 0.533. The number of carbonyl (C=O) groups excluding carboxylic acids is 1. The van der Waals surface area contributed by atoms with E-state index in [-0.39, 0.29) is 18.3 Å². The minimum atomic E-state index is 0. The Balaban J connectivity index is 0.00000147. The molecule has 2 aliphatic rings. The summed E-state index contributed by atoms with van der Waals surface area (Å²) in [6, 6.07) is 5.70. The van der Waals surface area contributed by atoms with Crippen molar-refractivity contribution in [1.29, 1.82) is 0 Å². The largest absolute Gasteiger partial charge is 0.496 e. The van der Waals surface area contributed by atoms with Crippen LogP contribution in [0, 0.1) is 18.8 Å². The first-order valence-corrected chi connectivity index (χ1v) is 6.83. The molecule has 3 rings (SSSR count). The number of methoxy groups -OCH3 is 1. The summed E-state index contributed by atoms with van der Waals surface area (Å²) in [5, 5.41) is 3.39. The third-order valence-electron chi connectivity index (χ3n) is 4.33. The highest BCUT2D eigenvalue weighted by atomic mass is 35.5. The highest BCUT2D eigenvalue weighted by Crippen LogP contribution is 2.28. The predicted octanol–water partition coefficient (Wildman–Crippen LogP) is 1.72. The number of nitrogens with one attached hydrogen (secondary N) is 1. The summed E-state index contributed by atoms with van der Waals surface area (Å²) in [7, 11) is 1.64. The van der Waals surface area contributed by atoms with Crippen molar-refractivity contribution in [3.05, 3.63) is 29.3 Å². The van der Waals surface area contributed by atoms with E-state index in [1.807, 2.05) is 30.0 Å². The molecule has 0 radical (unpaired) electrons. The molecule has 110 valence electrons. The van der Waals surface area contributed by atoms with E-state index in [0.29, 0.717) is 11.8 Å². The third kappa shape index (κ3) is 2.63. The summed E-state index contributed by atoms with van der Waals surface area (Å²) >= 11 is 0. The van der Waals surface area contributed by atoms with E-state index in [1.165, 1.54) is 0 Å². The molecule has 4 nitrogen and oxygen atoms in total. The van der Waals surface area contributed by atoms with E-state index in [0.717, 1.165) is 43.1 Å². The van der Waals surface area contributed by atoms with Crippen LogP contribution in [0.25, 0.3) is 0 Å². The summed E-state index contributed by atoms with van der Waals surface area (Å²) in [6.45, 7) is 5.84. The minimum Gasteiger partial charge on any atom is -0.496 e. The second kappa shape index (κ2) is 6.02. The molecule has 0 unspecified atom stereocenters. The van der Waals surface area contributed by atoms with Crippen LogP contribution < -0.4 is 10.1 Å². The molecule has 2 heterocycles. The van der Waals surface area contributed by atoms with Crippen molar-refractivity contribution >= 4 is 18.3 Å². The molecule has 0 bridgehead atoms. The van der Waals surface area contributed by atoms with Crippen LogP contribution in [-0.2, 0) is 0 Å². The highest BCUT2D eigenvalue weighted by molar-refractivity contribution is 5.95. The zero-order valence-corrected chi connectivity index (χ0v) is 12.7. The fourth-order valence-electron chi connectivity index (χ4n) is 3.16. The molecule has 20 heavy (non-hydrogen) atoms. The number of likely N-dealkylation sites (tertiary alicyclic amines) is 1. The van der Waals surface area contributed by atoms with Crippen molar-refractivity contribution in [2.24, 2.45) is 11.8 Å². The van der Waals surface area contributed by atoms with Gasteiger partial charge in [-0.3, -0.25) is 4.79 Å². The molecule has 1 N–H and O–H groups in total. The highest BCUT2D eigenvalue weighted by Gasteiger charge is 2.38. The van der Waals surface area contributed by atoms with Crippen LogP contribution in [0.2, 0.25) is 0 Å². The lowest BCUT2D eigenvalue weighted by Crippen LogP contribution is -2.31. The third-order valence-corrected chi connectivity index (χ3v) is 4.33. The lowest BCUT2D eigenvalue weighted by molar-refractivity contribution is 0.0781. The summed E-state index contributed by atoms with van der Waals surface area (Å²) in [6.07, 6.45) is 0. The molecule has 0 spiro atoms. The average Bonchev–Trinajstić information content (AvgIpc) is 2.99. The standard InChI is InChI=1S/C15H20N2O2.ClH/c1-10-3-4-11(5-14(10)19-2)15(18)17-8-12-6-16-7-13(12)9-17;/h3-5,12-13,16H,6-9H2,1-2H3;1H/t12-,13+;.